The molecule has 2 aromatic rings. The summed E-state index contributed by atoms with van der Waals surface area (Å²) in [6, 6.07) is 1.02. The largest absolute Gasteiger partial charge is 0.444 e. The summed E-state index contributed by atoms with van der Waals surface area (Å²) in [5.41, 5.74) is 1.19. The Hall–Kier alpha value is -2.14. The molecule has 1 aliphatic rings. The van der Waals surface area contributed by atoms with Crippen molar-refractivity contribution in [2.45, 2.75) is 103 Å². The molecule has 1 amide bonds. The lowest BCUT2D eigenvalue weighted by Gasteiger charge is -2.33. The Balaban J connectivity index is 1.87. The van der Waals surface area contributed by atoms with Gasteiger partial charge in [0.15, 0.2) is 5.65 Å². The summed E-state index contributed by atoms with van der Waals surface area (Å²) >= 11 is 0. The van der Waals surface area contributed by atoms with Gasteiger partial charge in [0.1, 0.15) is 5.60 Å². The van der Waals surface area contributed by atoms with Gasteiger partial charge in [0.05, 0.1) is 39.9 Å². The highest BCUT2D eigenvalue weighted by Gasteiger charge is 2.39. The molecule has 8 nitrogen and oxygen atoms in total. The first kappa shape index (κ1) is 27.4. The van der Waals surface area contributed by atoms with Gasteiger partial charge in [0.2, 0.25) is 5.92 Å². The smallest absolute Gasteiger partial charge is 0.408 e. The van der Waals surface area contributed by atoms with E-state index in [9.17, 15) is 17.8 Å². The minimum atomic E-state index is -2.68. The molecule has 0 aliphatic heterocycles. The van der Waals surface area contributed by atoms with E-state index in [1.165, 1.54) is 0 Å². The molecular formula is C24H37F2N5O3S. The van der Waals surface area contributed by atoms with Crippen LogP contribution < -0.4 is 10.0 Å². The zero-order valence-corrected chi connectivity index (χ0v) is 22.3. The number of hydrogen-bond acceptors (Lipinski definition) is 5. The fourth-order valence-corrected chi connectivity index (χ4v) is 4.78. The number of rotatable bonds is 6. The number of carbonyl (C=O) groups excluding carboxylic acids is 1. The van der Waals surface area contributed by atoms with Gasteiger partial charge < -0.3 is 10.1 Å². The number of nitrogens with zero attached hydrogens (tertiary/aromatic N) is 3. The maximum absolute atomic E-state index is 13.8. The number of alkyl halides is 2. The molecule has 1 saturated carbocycles. The van der Waals surface area contributed by atoms with Gasteiger partial charge in [0.25, 0.3) is 0 Å². The van der Waals surface area contributed by atoms with Crippen LogP contribution in [0.5, 0.6) is 0 Å². The van der Waals surface area contributed by atoms with Gasteiger partial charge in [-0.05, 0) is 78.9 Å². The Morgan fingerprint density at radius 1 is 1.23 bits per heavy atom. The van der Waals surface area contributed by atoms with Gasteiger partial charge in [-0.1, -0.05) is 0 Å². The van der Waals surface area contributed by atoms with Crippen molar-refractivity contribution < 1.29 is 22.5 Å². The number of nitrogens with one attached hydrogen (secondary N) is 2. The fraction of sp³-hybridized carbons (Fsp3) is 0.708. The van der Waals surface area contributed by atoms with Crippen LogP contribution in [0.25, 0.3) is 5.65 Å². The van der Waals surface area contributed by atoms with Crippen LogP contribution in [0.4, 0.5) is 13.6 Å². The van der Waals surface area contributed by atoms with E-state index in [4.69, 9.17) is 4.74 Å². The predicted molar refractivity (Wildman–Crippen MR) is 131 cm³/mol. The van der Waals surface area contributed by atoms with Crippen LogP contribution >= 0.6 is 0 Å². The molecule has 0 aromatic carbocycles. The Morgan fingerprint density at radius 2 is 1.86 bits per heavy atom. The highest BCUT2D eigenvalue weighted by atomic mass is 32.2. The normalized spacial score (nSPS) is 19.8. The lowest BCUT2D eigenvalue weighted by Crippen LogP contribution is -2.40. The molecule has 2 N–H and O–H groups in total. The summed E-state index contributed by atoms with van der Waals surface area (Å²) in [5.74, 6) is -2.89. The van der Waals surface area contributed by atoms with Crippen LogP contribution in [0, 0.1) is 5.92 Å². The predicted octanol–water partition coefficient (Wildman–Crippen LogP) is 5.23. The number of hydrogen-bond donors (Lipinski definition) is 2. The van der Waals surface area contributed by atoms with Gasteiger partial charge in [-0.2, -0.15) is 5.10 Å². The number of halogens is 2. The molecule has 0 radical (unpaired) electrons. The number of ether oxygens (including phenoxy) is 1. The summed E-state index contributed by atoms with van der Waals surface area (Å²) in [7, 11) is -1.26. The summed E-state index contributed by atoms with van der Waals surface area (Å²) in [4.78, 5) is 17.3. The number of aromatic nitrogens is 3. The Kier molecular flexibility index (Phi) is 7.91. The molecule has 0 spiro atoms. The first-order valence-corrected chi connectivity index (χ1v) is 13.1. The topological polar surface area (TPSA) is 97.6 Å². The highest BCUT2D eigenvalue weighted by Crippen LogP contribution is 2.41. The molecule has 3 rings (SSSR count). The first-order chi connectivity index (χ1) is 16.0. The molecule has 0 saturated heterocycles. The van der Waals surface area contributed by atoms with Crippen LogP contribution in [-0.4, -0.2) is 41.2 Å². The second kappa shape index (κ2) is 10.1. The molecule has 1 aliphatic carbocycles. The summed E-state index contributed by atoms with van der Waals surface area (Å²) in [6.07, 6.45) is 2.83. The van der Waals surface area contributed by atoms with Crippen LogP contribution in [0.15, 0.2) is 18.5 Å². The van der Waals surface area contributed by atoms with Crippen LogP contribution in [0.1, 0.15) is 97.5 Å². The van der Waals surface area contributed by atoms with E-state index in [0.29, 0.717) is 11.3 Å². The quantitative estimate of drug-likeness (QED) is 0.551. The molecule has 0 bridgehead atoms. The fourth-order valence-electron chi connectivity index (χ4n) is 3.97. The minimum Gasteiger partial charge on any atom is -0.444 e. The molecule has 1 unspecified atom stereocenters. The van der Waals surface area contributed by atoms with Gasteiger partial charge in [-0.25, -0.2) is 32.0 Å². The number of amides is 1. The molecule has 1 fully saturated rings. The maximum Gasteiger partial charge on any atom is 0.408 e. The van der Waals surface area contributed by atoms with Crippen LogP contribution in [-0.2, 0) is 15.7 Å². The van der Waals surface area contributed by atoms with Crippen LogP contribution in [0.3, 0.4) is 0 Å². The lowest BCUT2D eigenvalue weighted by atomic mass is 9.81. The van der Waals surface area contributed by atoms with E-state index < -0.39 is 39.4 Å². The van der Waals surface area contributed by atoms with E-state index in [-0.39, 0.29) is 37.6 Å². The highest BCUT2D eigenvalue weighted by molar-refractivity contribution is 7.84. The van der Waals surface area contributed by atoms with Crippen molar-refractivity contribution in [1.29, 1.82) is 0 Å². The standard InChI is InChI=1S/C24H37F2N5O3S/c1-15(30-35(33)23(5,6)7)17-12-19-28-18(14-31(19)27-13-17)20(29-21(32)34-22(2,3)4)16-8-10-24(25,26)11-9-16/h12-16,20,30H,8-11H2,1-7H3,(H,29,32)/t15-,20+,35?/m1/s1. The molecule has 2 aromatic heterocycles. The second-order valence-corrected chi connectivity index (χ2v) is 13.3. The zero-order chi connectivity index (χ0) is 26.2. The van der Waals surface area contributed by atoms with Crippen molar-refractivity contribution in [3.8, 4) is 0 Å². The molecule has 2 heterocycles. The van der Waals surface area contributed by atoms with Crippen molar-refractivity contribution in [3.05, 3.63) is 29.7 Å². The van der Waals surface area contributed by atoms with Gasteiger partial charge >= 0.3 is 6.09 Å². The van der Waals surface area contributed by atoms with Crippen molar-refractivity contribution in [3.63, 3.8) is 0 Å². The Bertz CT molecular complexity index is 1070. The van der Waals surface area contributed by atoms with Crippen molar-refractivity contribution in [1.82, 2.24) is 24.6 Å². The van der Waals surface area contributed by atoms with Crippen LogP contribution in [0.2, 0.25) is 0 Å². The minimum absolute atomic E-state index is 0.207. The number of alkyl carbamates (subject to hydrolysis) is 1. The summed E-state index contributed by atoms with van der Waals surface area (Å²) < 4.78 is 49.8. The van der Waals surface area contributed by atoms with Gasteiger partial charge in [-0.3, -0.25) is 0 Å². The van der Waals surface area contributed by atoms with E-state index in [1.54, 1.807) is 37.7 Å². The second-order valence-electron chi connectivity index (χ2n) is 11.3. The number of imidazole rings is 1. The third-order valence-electron chi connectivity index (χ3n) is 5.92. The average molecular weight is 514 g/mol. The molecule has 35 heavy (non-hydrogen) atoms. The third kappa shape index (κ3) is 7.42. The Labute approximate surface area is 208 Å². The SMILES string of the molecule is C[C@@H](NS(=O)C(C)(C)C)c1cnn2cc([C@@H](NC(=O)OC(C)(C)C)C3CCC(F)(F)CC3)nc2c1. The third-order valence-corrected chi connectivity index (χ3v) is 7.60. The lowest BCUT2D eigenvalue weighted by molar-refractivity contribution is -0.0500. The Morgan fingerprint density at radius 3 is 2.43 bits per heavy atom. The van der Waals surface area contributed by atoms with E-state index >= 15 is 0 Å². The molecular weight excluding hydrogens is 476 g/mol. The monoisotopic (exact) mass is 513 g/mol. The summed E-state index contributed by atoms with van der Waals surface area (Å²) in [6.45, 7) is 12.9. The number of carbonyl (C=O) groups is 1. The number of fused-ring (bicyclic) bond motifs is 1. The van der Waals surface area contributed by atoms with Crippen molar-refractivity contribution in [2.24, 2.45) is 5.92 Å². The van der Waals surface area contributed by atoms with Crippen molar-refractivity contribution >= 4 is 22.7 Å². The molecule has 196 valence electrons. The van der Waals surface area contributed by atoms with E-state index in [0.717, 1.165) is 5.56 Å². The van der Waals surface area contributed by atoms with Gasteiger partial charge in [-0.15, -0.1) is 0 Å². The molecule has 11 heteroatoms. The zero-order valence-electron chi connectivity index (χ0n) is 21.5. The van der Waals surface area contributed by atoms with Crippen molar-refractivity contribution in [2.75, 3.05) is 0 Å². The summed E-state index contributed by atoms with van der Waals surface area (Å²) in [5, 5.41) is 7.30. The average Bonchev–Trinajstić information content (AvgIpc) is 3.13. The first-order valence-electron chi connectivity index (χ1n) is 11.9. The van der Waals surface area contributed by atoms with E-state index in [2.05, 4.69) is 20.1 Å². The van der Waals surface area contributed by atoms with Gasteiger partial charge in [0, 0.05) is 18.9 Å². The molecule has 3 atom stereocenters. The maximum atomic E-state index is 13.8. The van der Waals surface area contributed by atoms with E-state index in [1.807, 2.05) is 33.8 Å².